The highest BCUT2D eigenvalue weighted by Gasteiger charge is 2.51. The largest absolute Gasteiger partial charge is 0.497 e. The molecule has 6 heteroatoms. The van der Waals surface area contributed by atoms with Gasteiger partial charge in [0.05, 0.1) is 18.0 Å². The van der Waals surface area contributed by atoms with Gasteiger partial charge < -0.3 is 15.2 Å². The molecule has 0 spiro atoms. The molecule has 5 nitrogen and oxygen atoms in total. The number of amides is 1. The molecule has 3 rings (SSSR count). The van der Waals surface area contributed by atoms with Crippen LogP contribution in [0.15, 0.2) is 53.4 Å². The molecule has 0 aliphatic carbocycles. The zero-order valence-corrected chi connectivity index (χ0v) is 14.1. The van der Waals surface area contributed by atoms with Gasteiger partial charge in [-0.05, 0) is 36.8 Å². The molecule has 2 atom stereocenters. The summed E-state index contributed by atoms with van der Waals surface area (Å²) in [5.41, 5.74) is -0.202. The molecule has 1 amide bonds. The van der Waals surface area contributed by atoms with Gasteiger partial charge in [-0.1, -0.05) is 24.3 Å². The van der Waals surface area contributed by atoms with E-state index in [1.54, 1.807) is 37.4 Å². The molecule has 0 saturated carbocycles. The molecular formula is C18H17NO4S. The van der Waals surface area contributed by atoms with Crippen molar-refractivity contribution in [2.75, 3.05) is 12.4 Å². The van der Waals surface area contributed by atoms with E-state index in [2.05, 4.69) is 5.32 Å². The first-order valence-corrected chi connectivity index (χ1v) is 8.29. The van der Waals surface area contributed by atoms with Crippen LogP contribution < -0.4 is 10.1 Å². The second kappa shape index (κ2) is 6.20. The fourth-order valence-electron chi connectivity index (χ4n) is 2.68. The van der Waals surface area contributed by atoms with Gasteiger partial charge in [-0.15, -0.1) is 11.8 Å². The van der Waals surface area contributed by atoms with Crippen molar-refractivity contribution in [1.29, 1.82) is 0 Å². The Morgan fingerprint density at radius 2 is 1.88 bits per heavy atom. The second-order valence-electron chi connectivity index (χ2n) is 5.73. The minimum absolute atomic E-state index is 0.520. The van der Waals surface area contributed by atoms with E-state index in [4.69, 9.17) is 4.74 Å². The SMILES string of the molecule is COc1ccc(C2Sc3ccccc3NC(=O)C2(C)C(=O)O)cc1. The molecule has 1 aliphatic rings. The van der Waals surface area contributed by atoms with Crippen molar-refractivity contribution in [2.24, 2.45) is 5.41 Å². The number of methoxy groups -OCH3 is 1. The lowest BCUT2D eigenvalue weighted by Gasteiger charge is -2.30. The Morgan fingerprint density at radius 1 is 1.21 bits per heavy atom. The van der Waals surface area contributed by atoms with E-state index in [0.717, 1.165) is 10.5 Å². The normalized spacial score (nSPS) is 22.9. The van der Waals surface area contributed by atoms with Crippen LogP contribution in [0, 0.1) is 5.41 Å². The number of ether oxygens (including phenoxy) is 1. The van der Waals surface area contributed by atoms with Crippen LogP contribution in [0.5, 0.6) is 5.75 Å². The van der Waals surface area contributed by atoms with Gasteiger partial charge >= 0.3 is 5.97 Å². The van der Waals surface area contributed by atoms with Crippen LogP contribution in [0.2, 0.25) is 0 Å². The predicted molar refractivity (Wildman–Crippen MR) is 92.4 cm³/mol. The zero-order chi connectivity index (χ0) is 17.3. The minimum atomic E-state index is -1.60. The first-order valence-electron chi connectivity index (χ1n) is 7.41. The molecule has 0 radical (unpaired) electrons. The topological polar surface area (TPSA) is 75.6 Å². The highest BCUT2D eigenvalue weighted by atomic mass is 32.2. The Morgan fingerprint density at radius 3 is 2.50 bits per heavy atom. The summed E-state index contributed by atoms with van der Waals surface area (Å²) in [5.74, 6) is -0.992. The molecule has 0 aromatic heterocycles. The van der Waals surface area contributed by atoms with Crippen molar-refractivity contribution in [1.82, 2.24) is 0 Å². The van der Waals surface area contributed by atoms with E-state index in [9.17, 15) is 14.7 Å². The molecule has 0 bridgehead atoms. The van der Waals surface area contributed by atoms with E-state index in [0.29, 0.717) is 11.4 Å². The lowest BCUT2D eigenvalue weighted by Crippen LogP contribution is -2.43. The predicted octanol–water partition coefficient (Wildman–Crippen LogP) is 3.57. The number of para-hydroxylation sites is 1. The summed E-state index contributed by atoms with van der Waals surface area (Å²) >= 11 is 1.38. The average molecular weight is 343 g/mol. The Kier molecular flexibility index (Phi) is 4.24. The van der Waals surface area contributed by atoms with E-state index < -0.39 is 22.5 Å². The van der Waals surface area contributed by atoms with Gasteiger partial charge in [0.25, 0.3) is 0 Å². The molecule has 2 unspecified atom stereocenters. The third-order valence-electron chi connectivity index (χ3n) is 4.24. The Balaban J connectivity index is 2.13. The van der Waals surface area contributed by atoms with Gasteiger partial charge in [-0.25, -0.2) is 0 Å². The van der Waals surface area contributed by atoms with Gasteiger partial charge in [-0.2, -0.15) is 0 Å². The highest BCUT2D eigenvalue weighted by molar-refractivity contribution is 7.99. The van der Waals surface area contributed by atoms with Gasteiger partial charge in [-0.3, -0.25) is 9.59 Å². The Hall–Kier alpha value is -2.47. The monoisotopic (exact) mass is 343 g/mol. The fraction of sp³-hybridized carbons (Fsp3) is 0.222. The van der Waals surface area contributed by atoms with Crippen LogP contribution >= 0.6 is 11.8 Å². The number of nitrogens with one attached hydrogen (secondary N) is 1. The number of carbonyl (C=O) groups is 2. The van der Waals surface area contributed by atoms with Crippen LogP contribution in [0.3, 0.4) is 0 Å². The van der Waals surface area contributed by atoms with Crippen molar-refractivity contribution in [2.45, 2.75) is 17.1 Å². The zero-order valence-electron chi connectivity index (χ0n) is 13.3. The summed E-state index contributed by atoms with van der Waals surface area (Å²) in [6.07, 6.45) is 0. The minimum Gasteiger partial charge on any atom is -0.497 e. The summed E-state index contributed by atoms with van der Waals surface area (Å²) in [6.45, 7) is 1.47. The van der Waals surface area contributed by atoms with E-state index in [1.807, 2.05) is 18.2 Å². The van der Waals surface area contributed by atoms with Gasteiger partial charge in [0.1, 0.15) is 5.75 Å². The number of thioether (sulfide) groups is 1. The first kappa shape index (κ1) is 16.4. The molecule has 1 heterocycles. The van der Waals surface area contributed by atoms with Crippen molar-refractivity contribution in [3.63, 3.8) is 0 Å². The second-order valence-corrected chi connectivity index (χ2v) is 6.88. The number of carboxylic acids is 1. The molecule has 1 aliphatic heterocycles. The van der Waals surface area contributed by atoms with Crippen LogP contribution in [0.25, 0.3) is 0 Å². The van der Waals surface area contributed by atoms with Crippen LogP contribution in [0.1, 0.15) is 17.7 Å². The first-order chi connectivity index (χ1) is 11.5. The Bertz CT molecular complexity index is 790. The fourth-order valence-corrected chi connectivity index (χ4v) is 4.07. The number of benzene rings is 2. The number of hydrogen-bond acceptors (Lipinski definition) is 4. The summed E-state index contributed by atoms with van der Waals surface area (Å²) in [4.78, 5) is 25.6. The van der Waals surface area contributed by atoms with Crippen molar-refractivity contribution < 1.29 is 19.4 Å². The number of anilines is 1. The van der Waals surface area contributed by atoms with Crippen molar-refractivity contribution in [3.8, 4) is 5.75 Å². The molecular weight excluding hydrogens is 326 g/mol. The third kappa shape index (κ3) is 2.63. The number of carbonyl (C=O) groups excluding carboxylic acids is 1. The maximum Gasteiger partial charge on any atom is 0.320 e. The van der Waals surface area contributed by atoms with E-state index in [-0.39, 0.29) is 0 Å². The third-order valence-corrected chi connectivity index (χ3v) is 5.83. The molecule has 0 fully saturated rings. The molecule has 2 aromatic rings. The van der Waals surface area contributed by atoms with E-state index in [1.165, 1.54) is 18.7 Å². The van der Waals surface area contributed by atoms with Crippen LogP contribution in [-0.4, -0.2) is 24.1 Å². The lowest BCUT2D eigenvalue weighted by atomic mass is 9.82. The van der Waals surface area contributed by atoms with Crippen molar-refractivity contribution in [3.05, 3.63) is 54.1 Å². The summed E-state index contributed by atoms with van der Waals surface area (Å²) < 4.78 is 5.16. The quantitative estimate of drug-likeness (QED) is 0.833. The Labute approximate surface area is 144 Å². The maximum absolute atomic E-state index is 12.7. The van der Waals surface area contributed by atoms with Gasteiger partial charge in [0.2, 0.25) is 5.91 Å². The standard InChI is InChI=1S/C18H17NO4S/c1-18(17(21)22)15(11-7-9-12(23-2)10-8-11)24-14-6-4-3-5-13(14)19-16(18)20/h3-10,15H,1-2H3,(H,19,20)(H,21,22). The van der Waals surface area contributed by atoms with E-state index >= 15 is 0 Å². The maximum atomic E-state index is 12.7. The van der Waals surface area contributed by atoms with Crippen molar-refractivity contribution >= 4 is 29.3 Å². The van der Waals surface area contributed by atoms with Gasteiger partial charge in [0.15, 0.2) is 5.41 Å². The summed E-state index contributed by atoms with van der Waals surface area (Å²) in [7, 11) is 1.57. The van der Waals surface area contributed by atoms with Crippen LogP contribution in [0.4, 0.5) is 5.69 Å². The molecule has 24 heavy (non-hydrogen) atoms. The smallest absolute Gasteiger partial charge is 0.320 e. The lowest BCUT2D eigenvalue weighted by molar-refractivity contribution is -0.152. The highest BCUT2D eigenvalue weighted by Crippen LogP contribution is 2.52. The number of rotatable bonds is 3. The molecule has 124 valence electrons. The average Bonchev–Trinajstić information content (AvgIpc) is 2.71. The number of fused-ring (bicyclic) bond motifs is 1. The molecule has 2 aromatic carbocycles. The summed E-state index contributed by atoms with van der Waals surface area (Å²) in [6, 6.07) is 14.5. The van der Waals surface area contributed by atoms with Crippen LogP contribution in [-0.2, 0) is 9.59 Å². The summed E-state index contributed by atoms with van der Waals surface area (Å²) in [5, 5.41) is 12.0. The molecule has 0 saturated heterocycles. The van der Waals surface area contributed by atoms with Gasteiger partial charge in [0, 0.05) is 4.90 Å². The number of aliphatic carboxylic acids is 1. The number of carboxylic acid groups (broad SMARTS) is 1. The molecule has 2 N–H and O–H groups in total. The number of hydrogen-bond donors (Lipinski definition) is 2.